The van der Waals surface area contributed by atoms with E-state index < -0.39 is 5.97 Å². The van der Waals surface area contributed by atoms with E-state index in [1.54, 1.807) is 17.9 Å². The van der Waals surface area contributed by atoms with Gasteiger partial charge in [-0.25, -0.2) is 0 Å². The molecular formula is C14H21N3O3. The van der Waals surface area contributed by atoms with E-state index >= 15 is 0 Å². The predicted octanol–water partition coefficient (Wildman–Crippen LogP) is 1.67. The van der Waals surface area contributed by atoms with Crippen LogP contribution in [0.5, 0.6) is 0 Å². The molecule has 6 heteroatoms. The fourth-order valence-corrected chi connectivity index (χ4v) is 1.93. The molecule has 1 aromatic heterocycles. The molecule has 0 saturated carbocycles. The molecule has 0 aliphatic heterocycles. The summed E-state index contributed by atoms with van der Waals surface area (Å²) in [6.45, 7) is 7.61. The highest BCUT2D eigenvalue weighted by Crippen LogP contribution is 2.13. The molecule has 0 saturated heterocycles. The lowest BCUT2D eigenvalue weighted by Gasteiger charge is -2.26. The topological polar surface area (TPSA) is 83.4 Å². The van der Waals surface area contributed by atoms with E-state index in [2.05, 4.69) is 10.2 Å². The lowest BCUT2D eigenvalue weighted by atomic mass is 10.1. The van der Waals surface area contributed by atoms with Crippen LogP contribution >= 0.6 is 0 Å². The van der Waals surface area contributed by atoms with Crippen LogP contribution in [0.3, 0.4) is 0 Å². The van der Waals surface area contributed by atoms with Crippen LogP contribution in [0.25, 0.3) is 0 Å². The fourth-order valence-electron chi connectivity index (χ4n) is 1.93. The number of carboxylic acids is 1. The summed E-state index contributed by atoms with van der Waals surface area (Å²) in [6, 6.07) is 1.64. The molecule has 0 bridgehead atoms. The summed E-state index contributed by atoms with van der Waals surface area (Å²) < 4.78 is 0. The van der Waals surface area contributed by atoms with Crippen molar-refractivity contribution < 1.29 is 14.7 Å². The molecule has 20 heavy (non-hydrogen) atoms. The molecule has 0 atom stereocenters. The average molecular weight is 279 g/mol. The zero-order valence-electron chi connectivity index (χ0n) is 12.4. The Labute approximate surface area is 118 Å². The Morgan fingerprint density at radius 2 is 2.00 bits per heavy atom. The molecule has 0 fully saturated rings. The van der Waals surface area contributed by atoms with Gasteiger partial charge < -0.3 is 10.0 Å². The number of aromatic nitrogens is 2. The molecule has 0 spiro atoms. The van der Waals surface area contributed by atoms with Crippen molar-refractivity contribution >= 4 is 11.9 Å². The summed E-state index contributed by atoms with van der Waals surface area (Å²) in [5.41, 5.74) is 1.83. The first kappa shape index (κ1) is 16.1. The van der Waals surface area contributed by atoms with Gasteiger partial charge in [-0.3, -0.25) is 9.59 Å². The zero-order valence-corrected chi connectivity index (χ0v) is 12.4. The number of amides is 1. The number of hydrogen-bond donors (Lipinski definition) is 1. The third-order valence-corrected chi connectivity index (χ3v) is 3.01. The van der Waals surface area contributed by atoms with Crippen LogP contribution in [-0.4, -0.2) is 44.7 Å². The average Bonchev–Trinajstić information content (AvgIpc) is 2.37. The van der Waals surface area contributed by atoms with E-state index in [4.69, 9.17) is 5.11 Å². The van der Waals surface area contributed by atoms with Gasteiger partial charge in [-0.05, 0) is 33.3 Å². The highest BCUT2D eigenvalue weighted by molar-refractivity contribution is 5.95. The fraction of sp³-hybridized carbons (Fsp3) is 0.571. The summed E-state index contributed by atoms with van der Waals surface area (Å²) in [5.74, 6) is -1.10. The SMILES string of the molecule is CCc1nnc(C)cc1C(=O)N(CCC(=O)O)C(C)C. The van der Waals surface area contributed by atoms with Gasteiger partial charge in [0, 0.05) is 12.6 Å². The van der Waals surface area contributed by atoms with Crippen molar-refractivity contribution in [3.05, 3.63) is 23.0 Å². The van der Waals surface area contributed by atoms with E-state index in [1.165, 1.54) is 0 Å². The number of hydrogen-bond acceptors (Lipinski definition) is 4. The molecule has 0 unspecified atom stereocenters. The largest absolute Gasteiger partial charge is 0.481 e. The quantitative estimate of drug-likeness (QED) is 0.856. The molecule has 0 aliphatic carbocycles. The molecule has 0 aliphatic rings. The minimum absolute atomic E-state index is 0.0666. The maximum absolute atomic E-state index is 12.6. The van der Waals surface area contributed by atoms with Crippen molar-refractivity contribution in [2.45, 2.75) is 46.6 Å². The Bertz CT molecular complexity index is 500. The van der Waals surface area contributed by atoms with E-state index in [1.807, 2.05) is 20.8 Å². The van der Waals surface area contributed by atoms with Gasteiger partial charge in [-0.2, -0.15) is 10.2 Å². The second-order valence-electron chi connectivity index (χ2n) is 4.94. The Morgan fingerprint density at radius 1 is 1.35 bits per heavy atom. The molecule has 1 aromatic rings. The van der Waals surface area contributed by atoms with Crippen LogP contribution < -0.4 is 0 Å². The number of carboxylic acid groups (broad SMARTS) is 1. The van der Waals surface area contributed by atoms with Crippen LogP contribution in [0.2, 0.25) is 0 Å². The van der Waals surface area contributed by atoms with Gasteiger partial charge in [0.1, 0.15) is 0 Å². The molecule has 1 amide bonds. The van der Waals surface area contributed by atoms with Crippen LogP contribution in [0, 0.1) is 6.92 Å². The number of nitrogens with zero attached hydrogens (tertiary/aromatic N) is 3. The Hall–Kier alpha value is -1.98. The Balaban J connectivity index is 3.05. The van der Waals surface area contributed by atoms with E-state index in [9.17, 15) is 9.59 Å². The molecular weight excluding hydrogens is 258 g/mol. The van der Waals surface area contributed by atoms with Gasteiger partial charge in [0.2, 0.25) is 0 Å². The smallest absolute Gasteiger partial charge is 0.305 e. The van der Waals surface area contributed by atoms with E-state index in [-0.39, 0.29) is 24.9 Å². The molecule has 1 heterocycles. The second-order valence-corrected chi connectivity index (χ2v) is 4.94. The highest BCUT2D eigenvalue weighted by Gasteiger charge is 2.22. The summed E-state index contributed by atoms with van der Waals surface area (Å²) >= 11 is 0. The maximum atomic E-state index is 12.6. The number of aryl methyl sites for hydroxylation is 2. The third kappa shape index (κ3) is 4.01. The predicted molar refractivity (Wildman–Crippen MR) is 74.6 cm³/mol. The van der Waals surface area contributed by atoms with Crippen molar-refractivity contribution in [1.82, 2.24) is 15.1 Å². The highest BCUT2D eigenvalue weighted by atomic mass is 16.4. The monoisotopic (exact) mass is 279 g/mol. The van der Waals surface area contributed by atoms with Crippen molar-refractivity contribution in [2.24, 2.45) is 0 Å². The van der Waals surface area contributed by atoms with Gasteiger partial charge in [0.05, 0.1) is 23.4 Å². The second kappa shape index (κ2) is 6.98. The van der Waals surface area contributed by atoms with Crippen molar-refractivity contribution in [1.29, 1.82) is 0 Å². The minimum Gasteiger partial charge on any atom is -0.481 e. The Morgan fingerprint density at radius 3 is 2.50 bits per heavy atom. The number of aliphatic carboxylic acids is 1. The summed E-state index contributed by atoms with van der Waals surface area (Å²) in [4.78, 5) is 24.9. The van der Waals surface area contributed by atoms with Crippen LogP contribution in [0.4, 0.5) is 0 Å². The first-order valence-corrected chi connectivity index (χ1v) is 6.72. The van der Waals surface area contributed by atoms with E-state index in [0.717, 1.165) is 0 Å². The van der Waals surface area contributed by atoms with Crippen LogP contribution in [0.15, 0.2) is 6.07 Å². The number of rotatable bonds is 6. The lowest BCUT2D eigenvalue weighted by Crippen LogP contribution is -2.39. The van der Waals surface area contributed by atoms with Gasteiger partial charge >= 0.3 is 5.97 Å². The third-order valence-electron chi connectivity index (χ3n) is 3.01. The van der Waals surface area contributed by atoms with Gasteiger partial charge in [-0.1, -0.05) is 6.92 Å². The van der Waals surface area contributed by atoms with Crippen molar-refractivity contribution in [3.63, 3.8) is 0 Å². The van der Waals surface area contributed by atoms with Gasteiger partial charge in [0.15, 0.2) is 0 Å². The number of carbonyl (C=O) groups excluding carboxylic acids is 1. The lowest BCUT2D eigenvalue weighted by molar-refractivity contribution is -0.137. The van der Waals surface area contributed by atoms with Crippen LogP contribution in [-0.2, 0) is 11.2 Å². The van der Waals surface area contributed by atoms with Crippen LogP contribution in [0.1, 0.15) is 48.9 Å². The minimum atomic E-state index is -0.914. The summed E-state index contributed by atoms with van der Waals surface area (Å²) in [7, 11) is 0. The first-order valence-electron chi connectivity index (χ1n) is 6.72. The number of carbonyl (C=O) groups is 2. The summed E-state index contributed by atoms with van der Waals surface area (Å²) in [5, 5.41) is 16.8. The van der Waals surface area contributed by atoms with Gasteiger partial charge in [-0.15, -0.1) is 0 Å². The van der Waals surface area contributed by atoms with E-state index in [0.29, 0.717) is 23.4 Å². The molecule has 110 valence electrons. The standard InChI is InChI=1S/C14H21N3O3/c1-5-12-11(8-10(4)15-16-12)14(20)17(9(2)3)7-6-13(18)19/h8-9H,5-7H2,1-4H3,(H,18,19). The zero-order chi connectivity index (χ0) is 15.3. The van der Waals surface area contributed by atoms with Gasteiger partial charge in [0.25, 0.3) is 5.91 Å². The summed E-state index contributed by atoms with van der Waals surface area (Å²) in [6.07, 6.45) is 0.544. The Kier molecular flexibility index (Phi) is 5.61. The molecule has 0 aromatic carbocycles. The van der Waals surface area contributed by atoms with Crippen molar-refractivity contribution in [2.75, 3.05) is 6.54 Å². The molecule has 1 rings (SSSR count). The van der Waals surface area contributed by atoms with Crippen molar-refractivity contribution in [3.8, 4) is 0 Å². The first-order chi connectivity index (χ1) is 9.36. The molecule has 6 nitrogen and oxygen atoms in total. The maximum Gasteiger partial charge on any atom is 0.305 e. The molecule has 0 radical (unpaired) electrons. The molecule has 1 N–H and O–H groups in total. The normalized spacial score (nSPS) is 10.7.